The van der Waals surface area contributed by atoms with Crippen molar-refractivity contribution in [3.05, 3.63) is 23.3 Å². The Hall–Kier alpha value is -1.18. The number of ether oxygens (including phenoxy) is 1. The van der Waals surface area contributed by atoms with Crippen LogP contribution in [0.1, 0.15) is 36.8 Å². The van der Waals surface area contributed by atoms with Gasteiger partial charge in [-0.25, -0.2) is 0 Å². The molecule has 2 heteroatoms. The lowest BCUT2D eigenvalue weighted by atomic mass is 9.90. The van der Waals surface area contributed by atoms with Crippen LogP contribution in [-0.2, 0) is 0 Å². The molecule has 86 valence electrons. The molecule has 3 rings (SSSR count). The van der Waals surface area contributed by atoms with Crippen LogP contribution in [0.3, 0.4) is 0 Å². The first kappa shape index (κ1) is 10.0. The van der Waals surface area contributed by atoms with E-state index in [1.165, 1.54) is 42.5 Å². The first-order chi connectivity index (χ1) is 7.74. The molecule has 1 aromatic carbocycles. The van der Waals surface area contributed by atoms with E-state index in [4.69, 9.17) is 4.74 Å². The van der Waals surface area contributed by atoms with E-state index >= 15 is 0 Å². The van der Waals surface area contributed by atoms with Gasteiger partial charge in [0.1, 0.15) is 11.9 Å². The minimum atomic E-state index is 0.392. The van der Waals surface area contributed by atoms with Crippen molar-refractivity contribution in [1.82, 2.24) is 0 Å². The Morgan fingerprint density at radius 3 is 2.75 bits per heavy atom. The van der Waals surface area contributed by atoms with Crippen LogP contribution in [-0.4, -0.2) is 12.1 Å². The van der Waals surface area contributed by atoms with Crippen LogP contribution < -0.4 is 10.1 Å². The Bertz CT molecular complexity index is 374. The summed E-state index contributed by atoms with van der Waals surface area (Å²) in [5.41, 5.74) is 3.84. The predicted octanol–water partition coefficient (Wildman–Crippen LogP) is 3.42. The average Bonchev–Trinajstić information content (AvgIpc) is 2.28. The molecule has 2 atom stereocenters. The highest BCUT2D eigenvalue weighted by atomic mass is 16.5. The van der Waals surface area contributed by atoms with Gasteiger partial charge in [-0.2, -0.15) is 0 Å². The summed E-state index contributed by atoms with van der Waals surface area (Å²) in [7, 11) is 0. The highest BCUT2D eigenvalue weighted by molar-refractivity contribution is 5.62. The van der Waals surface area contributed by atoms with Gasteiger partial charge in [-0.15, -0.1) is 0 Å². The fourth-order valence-corrected chi connectivity index (χ4v) is 2.77. The topological polar surface area (TPSA) is 21.3 Å². The van der Waals surface area contributed by atoms with Crippen LogP contribution in [0.2, 0.25) is 0 Å². The zero-order valence-electron chi connectivity index (χ0n) is 10.0. The van der Waals surface area contributed by atoms with Crippen LogP contribution in [0, 0.1) is 13.8 Å². The minimum Gasteiger partial charge on any atom is -0.486 e. The molecule has 0 aromatic heterocycles. The number of aryl methyl sites for hydroxylation is 2. The van der Waals surface area contributed by atoms with Crippen molar-refractivity contribution in [1.29, 1.82) is 0 Å². The van der Waals surface area contributed by atoms with E-state index < -0.39 is 0 Å². The van der Waals surface area contributed by atoms with Gasteiger partial charge < -0.3 is 10.1 Å². The third kappa shape index (κ3) is 1.57. The quantitative estimate of drug-likeness (QED) is 0.719. The first-order valence-corrected chi connectivity index (χ1v) is 6.28. The van der Waals surface area contributed by atoms with Crippen molar-refractivity contribution in [3.63, 3.8) is 0 Å². The number of benzene rings is 1. The van der Waals surface area contributed by atoms with Crippen molar-refractivity contribution < 1.29 is 4.74 Å². The summed E-state index contributed by atoms with van der Waals surface area (Å²) in [6, 6.07) is 4.92. The Kier molecular flexibility index (Phi) is 2.31. The molecule has 0 spiro atoms. The third-order valence-electron chi connectivity index (χ3n) is 3.92. The fraction of sp³-hybridized carbons (Fsp3) is 0.571. The van der Waals surface area contributed by atoms with Gasteiger partial charge in [0.2, 0.25) is 0 Å². The van der Waals surface area contributed by atoms with E-state index in [1.807, 2.05) is 0 Å². The normalized spacial score (nSPS) is 27.4. The molecular formula is C14H19NO. The van der Waals surface area contributed by atoms with Gasteiger partial charge in [-0.1, -0.05) is 6.42 Å². The second-order valence-electron chi connectivity index (χ2n) is 5.12. The van der Waals surface area contributed by atoms with E-state index in [-0.39, 0.29) is 0 Å². The summed E-state index contributed by atoms with van der Waals surface area (Å²) in [5.74, 6) is 1.05. The first-order valence-electron chi connectivity index (χ1n) is 6.28. The standard InChI is InChI=1S/C14H19NO/c1-9-7-12-14(8-10(9)2)16-13-6-4-3-5-11(13)15-12/h7-8,11,13,15H,3-6H2,1-2H3/t11-,13+/m0/s1. The van der Waals surface area contributed by atoms with Crippen LogP contribution in [0.4, 0.5) is 5.69 Å². The van der Waals surface area contributed by atoms with Crippen molar-refractivity contribution in [2.75, 3.05) is 5.32 Å². The second-order valence-corrected chi connectivity index (χ2v) is 5.12. The van der Waals surface area contributed by atoms with Crippen LogP contribution in [0.25, 0.3) is 0 Å². The Balaban J connectivity index is 1.95. The number of hydrogen-bond donors (Lipinski definition) is 1. The van der Waals surface area contributed by atoms with Crippen molar-refractivity contribution in [3.8, 4) is 5.75 Å². The predicted molar refractivity (Wildman–Crippen MR) is 66.2 cm³/mol. The maximum Gasteiger partial charge on any atom is 0.143 e. The lowest BCUT2D eigenvalue weighted by Gasteiger charge is -2.38. The Morgan fingerprint density at radius 2 is 1.88 bits per heavy atom. The highest BCUT2D eigenvalue weighted by Crippen LogP contribution is 2.37. The molecule has 1 aromatic rings. The van der Waals surface area contributed by atoms with Crippen LogP contribution in [0.5, 0.6) is 5.75 Å². The van der Waals surface area contributed by atoms with Crippen molar-refractivity contribution in [2.24, 2.45) is 0 Å². The monoisotopic (exact) mass is 217 g/mol. The molecule has 1 heterocycles. The molecule has 2 aliphatic rings. The smallest absolute Gasteiger partial charge is 0.143 e. The summed E-state index contributed by atoms with van der Waals surface area (Å²) in [6.45, 7) is 4.30. The number of rotatable bonds is 0. The van der Waals surface area contributed by atoms with Gasteiger partial charge in [0.15, 0.2) is 0 Å². The van der Waals surface area contributed by atoms with Gasteiger partial charge in [0.05, 0.1) is 11.7 Å². The Morgan fingerprint density at radius 1 is 1.12 bits per heavy atom. The largest absolute Gasteiger partial charge is 0.486 e. The zero-order valence-corrected chi connectivity index (χ0v) is 10.0. The zero-order chi connectivity index (χ0) is 11.1. The Labute approximate surface area is 97.0 Å². The minimum absolute atomic E-state index is 0.392. The lowest BCUT2D eigenvalue weighted by Crippen LogP contribution is -2.43. The molecule has 0 bridgehead atoms. The molecule has 0 unspecified atom stereocenters. The van der Waals surface area contributed by atoms with E-state index in [2.05, 4.69) is 31.3 Å². The van der Waals surface area contributed by atoms with E-state index in [0.29, 0.717) is 12.1 Å². The molecule has 1 aliphatic heterocycles. The summed E-state index contributed by atoms with van der Waals surface area (Å²) < 4.78 is 6.11. The lowest BCUT2D eigenvalue weighted by molar-refractivity contribution is 0.131. The SMILES string of the molecule is Cc1cc2c(cc1C)O[C@@H]1CCCC[C@@H]1N2. The summed E-state index contributed by atoms with van der Waals surface area (Å²) >= 11 is 0. The van der Waals surface area contributed by atoms with Crippen molar-refractivity contribution in [2.45, 2.75) is 51.7 Å². The number of anilines is 1. The molecule has 1 saturated carbocycles. The van der Waals surface area contributed by atoms with Gasteiger partial charge >= 0.3 is 0 Å². The maximum atomic E-state index is 6.11. The molecule has 16 heavy (non-hydrogen) atoms. The molecule has 1 aliphatic carbocycles. The maximum absolute atomic E-state index is 6.11. The summed E-state index contributed by atoms with van der Waals surface area (Å²) in [4.78, 5) is 0. The van der Waals surface area contributed by atoms with E-state index in [9.17, 15) is 0 Å². The van der Waals surface area contributed by atoms with E-state index in [0.717, 1.165) is 5.75 Å². The van der Waals surface area contributed by atoms with Crippen LogP contribution in [0.15, 0.2) is 12.1 Å². The van der Waals surface area contributed by atoms with Gasteiger partial charge in [-0.05, 0) is 56.4 Å². The fourth-order valence-electron chi connectivity index (χ4n) is 2.77. The van der Waals surface area contributed by atoms with Crippen LogP contribution >= 0.6 is 0 Å². The number of nitrogens with one attached hydrogen (secondary N) is 1. The number of hydrogen-bond acceptors (Lipinski definition) is 2. The average molecular weight is 217 g/mol. The molecule has 0 radical (unpaired) electrons. The summed E-state index contributed by atoms with van der Waals surface area (Å²) in [6.07, 6.45) is 5.48. The van der Waals surface area contributed by atoms with Crippen molar-refractivity contribution >= 4 is 5.69 Å². The van der Waals surface area contributed by atoms with E-state index in [1.54, 1.807) is 0 Å². The summed E-state index contributed by atoms with van der Waals surface area (Å²) in [5, 5.41) is 3.64. The van der Waals surface area contributed by atoms with Gasteiger partial charge in [0.25, 0.3) is 0 Å². The number of fused-ring (bicyclic) bond motifs is 2. The molecule has 0 amide bonds. The third-order valence-corrected chi connectivity index (χ3v) is 3.92. The van der Waals surface area contributed by atoms with Gasteiger partial charge in [0, 0.05) is 0 Å². The molecular weight excluding hydrogens is 198 g/mol. The second kappa shape index (κ2) is 3.69. The molecule has 0 saturated heterocycles. The molecule has 2 nitrogen and oxygen atoms in total. The highest BCUT2D eigenvalue weighted by Gasteiger charge is 2.31. The van der Waals surface area contributed by atoms with Gasteiger partial charge in [-0.3, -0.25) is 0 Å². The molecule has 1 N–H and O–H groups in total. The molecule has 1 fully saturated rings.